The number of rotatable bonds is 4. The van der Waals surface area contributed by atoms with Gasteiger partial charge in [0.15, 0.2) is 28.8 Å². The molecule has 1 aromatic carbocycles. The number of halogens is 2. The van der Waals surface area contributed by atoms with Crippen LogP contribution in [0.3, 0.4) is 0 Å². The van der Waals surface area contributed by atoms with Gasteiger partial charge in [-0.2, -0.15) is 5.10 Å². The fraction of sp³-hybridized carbons (Fsp3) is 0.0588. The Hall–Kier alpha value is -3.22. The smallest absolute Gasteiger partial charge is 0.191 e. The van der Waals surface area contributed by atoms with Crippen LogP contribution in [-0.4, -0.2) is 14.6 Å². The molecule has 0 fully saturated rings. The zero-order chi connectivity index (χ0) is 16.5. The first-order valence-corrected chi connectivity index (χ1v) is 7.17. The van der Waals surface area contributed by atoms with Gasteiger partial charge in [0, 0.05) is 12.3 Å². The van der Waals surface area contributed by atoms with E-state index in [1.807, 2.05) is 0 Å². The normalized spacial score (nSPS) is 11.1. The second-order valence-corrected chi connectivity index (χ2v) is 5.07. The molecule has 0 amide bonds. The third kappa shape index (κ3) is 2.60. The predicted molar refractivity (Wildman–Crippen MR) is 81.4 cm³/mol. The Morgan fingerprint density at radius 3 is 2.67 bits per heavy atom. The maximum absolute atomic E-state index is 13.6. The van der Waals surface area contributed by atoms with Gasteiger partial charge in [0.2, 0.25) is 0 Å². The number of benzene rings is 1. The van der Waals surface area contributed by atoms with E-state index in [1.54, 1.807) is 41.2 Å². The van der Waals surface area contributed by atoms with Crippen molar-refractivity contribution in [1.29, 1.82) is 0 Å². The lowest BCUT2D eigenvalue weighted by Gasteiger charge is -2.07. The van der Waals surface area contributed by atoms with Gasteiger partial charge in [-0.3, -0.25) is 0 Å². The van der Waals surface area contributed by atoms with E-state index in [4.69, 9.17) is 9.15 Å². The summed E-state index contributed by atoms with van der Waals surface area (Å²) in [5.74, 6) is -1.28. The summed E-state index contributed by atoms with van der Waals surface area (Å²) in [7, 11) is 0. The summed E-state index contributed by atoms with van der Waals surface area (Å²) in [6, 6.07) is 10.6. The van der Waals surface area contributed by atoms with E-state index in [1.165, 1.54) is 6.07 Å². The van der Waals surface area contributed by atoms with E-state index in [0.29, 0.717) is 22.8 Å². The van der Waals surface area contributed by atoms with E-state index in [0.717, 1.165) is 12.1 Å². The minimum absolute atomic E-state index is 0.0599. The summed E-state index contributed by atoms with van der Waals surface area (Å²) in [5, 5.41) is 4.34. The summed E-state index contributed by atoms with van der Waals surface area (Å²) < 4.78 is 39.2. The molecule has 0 unspecified atom stereocenters. The topological polar surface area (TPSA) is 52.6 Å². The predicted octanol–water partition coefficient (Wildman–Crippen LogP) is 3.85. The molecule has 0 aliphatic heterocycles. The van der Waals surface area contributed by atoms with Crippen molar-refractivity contribution in [2.24, 2.45) is 0 Å². The van der Waals surface area contributed by atoms with Crippen molar-refractivity contribution < 1.29 is 17.9 Å². The molecule has 4 aromatic rings. The number of aromatic nitrogens is 3. The standard InChI is InChI=1S/C17H11F2N3O2/c18-12-3-1-4-13(19)17(12)24-10-11-6-7-22-16(20-11)9-14(21-22)15-5-2-8-23-15/h1-9H,10H2. The molecule has 3 aromatic heterocycles. The molecule has 0 saturated heterocycles. The van der Waals surface area contributed by atoms with Crippen LogP contribution in [0.15, 0.2) is 59.3 Å². The third-order valence-electron chi connectivity index (χ3n) is 3.44. The van der Waals surface area contributed by atoms with E-state index < -0.39 is 17.4 Å². The fourth-order valence-corrected chi connectivity index (χ4v) is 2.31. The highest BCUT2D eigenvalue weighted by Crippen LogP contribution is 2.22. The van der Waals surface area contributed by atoms with Crippen LogP contribution >= 0.6 is 0 Å². The van der Waals surface area contributed by atoms with Crippen molar-refractivity contribution in [3.05, 3.63) is 72.3 Å². The van der Waals surface area contributed by atoms with Gasteiger partial charge in [-0.05, 0) is 30.3 Å². The molecule has 24 heavy (non-hydrogen) atoms. The maximum atomic E-state index is 13.6. The van der Waals surface area contributed by atoms with E-state index in [9.17, 15) is 8.78 Å². The Morgan fingerprint density at radius 1 is 1.08 bits per heavy atom. The Kier molecular flexibility index (Phi) is 3.45. The lowest BCUT2D eigenvalue weighted by molar-refractivity contribution is 0.270. The van der Waals surface area contributed by atoms with Crippen molar-refractivity contribution in [3.8, 4) is 17.2 Å². The van der Waals surface area contributed by atoms with Gasteiger partial charge < -0.3 is 9.15 Å². The first-order valence-electron chi connectivity index (χ1n) is 7.17. The van der Waals surface area contributed by atoms with Crippen LogP contribution < -0.4 is 4.74 Å². The van der Waals surface area contributed by atoms with Crippen LogP contribution in [0.1, 0.15) is 5.69 Å². The van der Waals surface area contributed by atoms with Crippen LogP contribution in [0.4, 0.5) is 8.78 Å². The maximum Gasteiger partial charge on any atom is 0.191 e. The number of hydrogen-bond acceptors (Lipinski definition) is 4. The van der Waals surface area contributed by atoms with Crippen LogP contribution in [0, 0.1) is 11.6 Å². The highest BCUT2D eigenvalue weighted by atomic mass is 19.1. The van der Waals surface area contributed by atoms with Crippen molar-refractivity contribution >= 4 is 5.65 Å². The average Bonchev–Trinajstić information content (AvgIpc) is 3.23. The average molecular weight is 327 g/mol. The molecule has 0 N–H and O–H groups in total. The lowest BCUT2D eigenvalue weighted by atomic mass is 10.3. The van der Waals surface area contributed by atoms with Gasteiger partial charge in [0.25, 0.3) is 0 Å². The molecule has 0 aliphatic rings. The molecule has 0 saturated carbocycles. The van der Waals surface area contributed by atoms with Crippen LogP contribution in [0.25, 0.3) is 17.1 Å². The molecule has 0 radical (unpaired) electrons. The van der Waals surface area contributed by atoms with Crippen molar-refractivity contribution in [3.63, 3.8) is 0 Å². The molecule has 0 atom stereocenters. The van der Waals surface area contributed by atoms with E-state index in [-0.39, 0.29) is 6.61 Å². The minimum atomic E-state index is -0.750. The summed E-state index contributed by atoms with van der Waals surface area (Å²) in [6.45, 7) is -0.0599. The quantitative estimate of drug-likeness (QED) is 0.571. The number of furan rings is 1. The zero-order valence-electron chi connectivity index (χ0n) is 12.3. The largest absolute Gasteiger partial charge is 0.481 e. The molecule has 7 heteroatoms. The highest BCUT2D eigenvalue weighted by Gasteiger charge is 2.11. The van der Waals surface area contributed by atoms with Gasteiger partial charge in [-0.1, -0.05) is 6.07 Å². The number of fused-ring (bicyclic) bond motifs is 1. The minimum Gasteiger partial charge on any atom is -0.481 e. The second-order valence-electron chi connectivity index (χ2n) is 5.07. The van der Waals surface area contributed by atoms with Gasteiger partial charge in [-0.15, -0.1) is 0 Å². The van der Waals surface area contributed by atoms with Crippen LogP contribution in [0.5, 0.6) is 5.75 Å². The number of hydrogen-bond donors (Lipinski definition) is 0. The first-order chi connectivity index (χ1) is 11.7. The van der Waals surface area contributed by atoms with Gasteiger partial charge in [0.1, 0.15) is 12.3 Å². The highest BCUT2D eigenvalue weighted by molar-refractivity contribution is 5.58. The number of para-hydroxylation sites is 1. The Bertz CT molecular complexity index is 976. The molecular formula is C17H11F2N3O2. The van der Waals surface area contributed by atoms with Crippen LogP contribution in [0.2, 0.25) is 0 Å². The fourth-order valence-electron chi connectivity index (χ4n) is 2.31. The van der Waals surface area contributed by atoms with E-state index >= 15 is 0 Å². The SMILES string of the molecule is Fc1cccc(F)c1OCc1ccn2nc(-c3ccco3)cc2n1. The molecule has 120 valence electrons. The van der Waals surface area contributed by atoms with Crippen molar-refractivity contribution in [2.45, 2.75) is 6.61 Å². The molecule has 3 heterocycles. The monoisotopic (exact) mass is 327 g/mol. The molecule has 0 bridgehead atoms. The second kappa shape index (κ2) is 5.77. The van der Waals surface area contributed by atoms with Crippen LogP contribution in [-0.2, 0) is 6.61 Å². The molecule has 4 rings (SSSR count). The molecule has 0 spiro atoms. The van der Waals surface area contributed by atoms with Crippen molar-refractivity contribution in [1.82, 2.24) is 14.6 Å². The van der Waals surface area contributed by atoms with Gasteiger partial charge >= 0.3 is 0 Å². The molecule has 0 aliphatic carbocycles. The third-order valence-corrected chi connectivity index (χ3v) is 3.44. The van der Waals surface area contributed by atoms with Gasteiger partial charge in [-0.25, -0.2) is 18.3 Å². The summed E-state index contributed by atoms with van der Waals surface area (Å²) in [5.41, 5.74) is 1.75. The lowest BCUT2D eigenvalue weighted by Crippen LogP contribution is -2.03. The summed E-state index contributed by atoms with van der Waals surface area (Å²) in [4.78, 5) is 4.37. The first kappa shape index (κ1) is 14.4. The zero-order valence-corrected chi connectivity index (χ0v) is 12.3. The number of nitrogens with zero attached hydrogens (tertiary/aromatic N) is 3. The summed E-state index contributed by atoms with van der Waals surface area (Å²) >= 11 is 0. The summed E-state index contributed by atoms with van der Waals surface area (Å²) in [6.07, 6.45) is 3.26. The van der Waals surface area contributed by atoms with Gasteiger partial charge in [0.05, 0.1) is 12.0 Å². The van der Waals surface area contributed by atoms with Crippen molar-refractivity contribution in [2.75, 3.05) is 0 Å². The Morgan fingerprint density at radius 2 is 1.92 bits per heavy atom. The Labute approximate surface area is 135 Å². The number of ether oxygens (including phenoxy) is 1. The van der Waals surface area contributed by atoms with E-state index in [2.05, 4.69) is 10.1 Å². The molecule has 5 nitrogen and oxygen atoms in total. The molecular weight excluding hydrogens is 316 g/mol. The Balaban J connectivity index is 1.59.